The number of para-hydroxylation sites is 2. The van der Waals surface area contributed by atoms with Crippen molar-refractivity contribution in [1.82, 2.24) is 9.55 Å². The molecule has 4 rings (SSSR count). The van der Waals surface area contributed by atoms with Crippen molar-refractivity contribution in [1.29, 1.82) is 0 Å². The molecule has 4 aromatic rings. The molecule has 0 aliphatic rings. The Balaban J connectivity index is 1.48. The Morgan fingerprint density at radius 3 is 2.53 bits per heavy atom. The molecule has 0 fully saturated rings. The Morgan fingerprint density at radius 2 is 1.69 bits per heavy atom. The fourth-order valence-electron chi connectivity index (χ4n) is 3.29. The number of carbonyl (C=O) groups is 1. The summed E-state index contributed by atoms with van der Waals surface area (Å²) < 4.78 is 7.31. The molecule has 1 heterocycles. The summed E-state index contributed by atoms with van der Waals surface area (Å²) in [5.74, 6) is 0.439. The molecule has 0 bridgehead atoms. The SMILES string of the molecule is Cc1cccc2c(=O)n(COc3ccccc3/C=C/C(=O)/C=C/c3ccccc3)cnc12. The number of allylic oxidation sites excluding steroid dienone is 2. The van der Waals surface area contributed by atoms with Crippen molar-refractivity contribution in [2.24, 2.45) is 0 Å². The highest BCUT2D eigenvalue weighted by Gasteiger charge is 2.07. The van der Waals surface area contributed by atoms with Crippen LogP contribution in [0, 0.1) is 6.92 Å². The zero-order valence-corrected chi connectivity index (χ0v) is 17.6. The third kappa shape index (κ3) is 4.90. The maximum atomic E-state index is 12.8. The van der Waals surface area contributed by atoms with Gasteiger partial charge in [0.15, 0.2) is 12.5 Å². The van der Waals surface area contributed by atoms with Crippen LogP contribution in [-0.2, 0) is 11.5 Å². The topological polar surface area (TPSA) is 61.2 Å². The molecule has 1 aromatic heterocycles. The highest BCUT2D eigenvalue weighted by Crippen LogP contribution is 2.20. The number of nitrogens with zero attached hydrogens (tertiary/aromatic N) is 2. The number of carbonyl (C=O) groups excluding carboxylic acids is 1. The van der Waals surface area contributed by atoms with E-state index in [0.29, 0.717) is 16.7 Å². The molecule has 0 N–H and O–H groups in total. The zero-order chi connectivity index (χ0) is 22.3. The molecule has 32 heavy (non-hydrogen) atoms. The van der Waals surface area contributed by atoms with Crippen molar-refractivity contribution in [3.8, 4) is 5.75 Å². The van der Waals surface area contributed by atoms with Crippen molar-refractivity contribution in [3.05, 3.63) is 118 Å². The predicted molar refractivity (Wildman–Crippen MR) is 127 cm³/mol. The Morgan fingerprint density at radius 1 is 0.938 bits per heavy atom. The lowest BCUT2D eigenvalue weighted by atomic mass is 10.1. The van der Waals surface area contributed by atoms with Gasteiger partial charge in [-0.25, -0.2) is 4.98 Å². The average molecular weight is 422 g/mol. The molecule has 158 valence electrons. The molecule has 0 atom stereocenters. The Bertz CT molecular complexity index is 1370. The van der Waals surface area contributed by atoms with Crippen LogP contribution in [0.4, 0.5) is 0 Å². The first-order valence-corrected chi connectivity index (χ1v) is 10.2. The number of benzene rings is 3. The van der Waals surface area contributed by atoms with Crippen molar-refractivity contribution >= 4 is 28.8 Å². The van der Waals surface area contributed by atoms with Crippen LogP contribution >= 0.6 is 0 Å². The Kier molecular flexibility index (Phi) is 6.37. The van der Waals surface area contributed by atoms with E-state index in [9.17, 15) is 9.59 Å². The number of fused-ring (bicyclic) bond motifs is 1. The molecular weight excluding hydrogens is 400 g/mol. The second kappa shape index (κ2) is 9.71. The van der Waals surface area contributed by atoms with Crippen LogP contribution in [0.5, 0.6) is 5.75 Å². The highest BCUT2D eigenvalue weighted by molar-refractivity contribution is 6.04. The number of aromatic nitrogens is 2. The minimum absolute atomic E-state index is 0.0163. The number of ketones is 1. The van der Waals surface area contributed by atoms with Crippen LogP contribution in [0.15, 0.2) is 96.1 Å². The summed E-state index contributed by atoms with van der Waals surface area (Å²) in [7, 11) is 0. The van der Waals surface area contributed by atoms with Gasteiger partial charge in [-0.05, 0) is 48.4 Å². The van der Waals surface area contributed by atoms with Crippen molar-refractivity contribution in [2.75, 3.05) is 0 Å². The molecule has 5 heteroatoms. The van der Waals surface area contributed by atoms with Crippen LogP contribution in [0.25, 0.3) is 23.1 Å². The summed E-state index contributed by atoms with van der Waals surface area (Å²) in [6.07, 6.45) is 7.99. The van der Waals surface area contributed by atoms with E-state index in [2.05, 4.69) is 4.98 Å². The molecule has 0 amide bonds. The van der Waals surface area contributed by atoms with Gasteiger partial charge in [0.05, 0.1) is 10.9 Å². The standard InChI is InChI=1S/C27H22N2O3/c1-20-8-7-12-24-26(20)28-18-29(27(24)31)19-32-25-13-6-5-11-22(25)15-17-23(30)16-14-21-9-3-2-4-10-21/h2-18H,19H2,1H3/b16-14+,17-15+. The number of ether oxygens (including phenoxy) is 1. The fourth-order valence-corrected chi connectivity index (χ4v) is 3.29. The molecule has 5 nitrogen and oxygen atoms in total. The zero-order valence-electron chi connectivity index (χ0n) is 17.6. The number of hydrogen-bond donors (Lipinski definition) is 0. The van der Waals surface area contributed by atoms with Crippen molar-refractivity contribution < 1.29 is 9.53 Å². The average Bonchev–Trinajstić information content (AvgIpc) is 2.82. The van der Waals surface area contributed by atoms with Crippen LogP contribution < -0.4 is 10.3 Å². The molecule has 0 saturated carbocycles. The first kappa shape index (κ1) is 21.0. The summed E-state index contributed by atoms with van der Waals surface area (Å²) >= 11 is 0. The van der Waals surface area contributed by atoms with Crippen LogP contribution in [0.1, 0.15) is 16.7 Å². The predicted octanol–water partition coefficient (Wildman–Crippen LogP) is 5.04. The molecule has 0 aliphatic heterocycles. The van der Waals surface area contributed by atoms with Crippen LogP contribution in [-0.4, -0.2) is 15.3 Å². The molecular formula is C27H22N2O3. The van der Waals surface area contributed by atoms with E-state index in [-0.39, 0.29) is 18.1 Å². The van der Waals surface area contributed by atoms with E-state index >= 15 is 0 Å². The smallest absolute Gasteiger partial charge is 0.263 e. The van der Waals surface area contributed by atoms with E-state index in [0.717, 1.165) is 16.7 Å². The van der Waals surface area contributed by atoms with E-state index in [1.54, 1.807) is 24.3 Å². The van der Waals surface area contributed by atoms with Gasteiger partial charge >= 0.3 is 0 Å². The summed E-state index contributed by atoms with van der Waals surface area (Å²) in [5.41, 5.74) is 3.19. The molecule has 0 spiro atoms. The van der Waals surface area contributed by atoms with Gasteiger partial charge in [-0.1, -0.05) is 66.7 Å². The largest absolute Gasteiger partial charge is 0.472 e. The van der Waals surface area contributed by atoms with E-state index in [4.69, 9.17) is 4.74 Å². The third-order valence-corrected chi connectivity index (χ3v) is 5.00. The fraction of sp³-hybridized carbons (Fsp3) is 0.0741. The number of rotatable bonds is 7. The van der Waals surface area contributed by atoms with E-state index in [1.807, 2.05) is 67.6 Å². The Labute approximate surface area is 185 Å². The lowest BCUT2D eigenvalue weighted by Gasteiger charge is -2.11. The summed E-state index contributed by atoms with van der Waals surface area (Å²) in [5, 5.41) is 0.556. The van der Waals surface area contributed by atoms with Crippen LogP contribution in [0.3, 0.4) is 0 Å². The summed E-state index contributed by atoms with van der Waals surface area (Å²) in [4.78, 5) is 29.4. The maximum absolute atomic E-state index is 12.8. The Hall–Kier alpha value is -4.25. The van der Waals surface area contributed by atoms with Gasteiger partial charge in [0.1, 0.15) is 12.1 Å². The summed E-state index contributed by atoms with van der Waals surface area (Å²) in [6, 6.07) is 22.5. The lowest BCUT2D eigenvalue weighted by Crippen LogP contribution is -2.23. The van der Waals surface area contributed by atoms with Crippen LogP contribution in [0.2, 0.25) is 0 Å². The molecule has 3 aromatic carbocycles. The van der Waals surface area contributed by atoms with Gasteiger partial charge < -0.3 is 4.74 Å². The quantitative estimate of drug-likeness (QED) is 0.392. The second-order valence-electron chi connectivity index (χ2n) is 7.28. The van der Waals surface area contributed by atoms with E-state index < -0.39 is 0 Å². The normalized spacial score (nSPS) is 11.4. The van der Waals surface area contributed by atoms with Gasteiger partial charge in [0.25, 0.3) is 5.56 Å². The summed E-state index contributed by atoms with van der Waals surface area (Å²) in [6.45, 7) is 1.94. The molecule has 0 unspecified atom stereocenters. The van der Waals surface area contributed by atoms with Crippen molar-refractivity contribution in [2.45, 2.75) is 13.7 Å². The van der Waals surface area contributed by atoms with Gasteiger partial charge in [-0.2, -0.15) is 0 Å². The number of hydrogen-bond acceptors (Lipinski definition) is 4. The van der Waals surface area contributed by atoms with E-state index in [1.165, 1.54) is 23.0 Å². The minimum Gasteiger partial charge on any atom is -0.472 e. The van der Waals surface area contributed by atoms with Gasteiger partial charge in [-0.3, -0.25) is 14.2 Å². The number of aryl methyl sites for hydroxylation is 1. The highest BCUT2D eigenvalue weighted by atomic mass is 16.5. The second-order valence-corrected chi connectivity index (χ2v) is 7.28. The molecule has 0 saturated heterocycles. The molecule has 0 radical (unpaired) electrons. The first-order valence-electron chi connectivity index (χ1n) is 10.2. The lowest BCUT2D eigenvalue weighted by molar-refractivity contribution is -0.110. The minimum atomic E-state index is -0.159. The maximum Gasteiger partial charge on any atom is 0.263 e. The van der Waals surface area contributed by atoms with Crippen molar-refractivity contribution in [3.63, 3.8) is 0 Å². The van der Waals surface area contributed by atoms with Gasteiger partial charge in [0.2, 0.25) is 0 Å². The first-order chi connectivity index (χ1) is 15.6. The monoisotopic (exact) mass is 422 g/mol. The van der Waals surface area contributed by atoms with Gasteiger partial charge in [-0.15, -0.1) is 0 Å². The molecule has 0 aliphatic carbocycles. The third-order valence-electron chi connectivity index (χ3n) is 5.00. The van der Waals surface area contributed by atoms with Gasteiger partial charge in [0, 0.05) is 5.56 Å².